The van der Waals surface area contributed by atoms with Gasteiger partial charge in [0, 0.05) is 0 Å². The fourth-order valence-corrected chi connectivity index (χ4v) is 1.71. The molecule has 1 nitrogen and oxygen atoms in total. The van der Waals surface area contributed by atoms with Gasteiger partial charge in [-0.1, -0.05) is 61.2 Å². The lowest BCUT2D eigenvalue weighted by molar-refractivity contribution is 1.43. The Morgan fingerprint density at radius 2 is 1.41 bits per heavy atom. The van der Waals surface area contributed by atoms with Gasteiger partial charge in [0.15, 0.2) is 0 Å². The molecule has 0 aliphatic carbocycles. The largest absolute Gasteiger partial charge is 0.300 e. The molecule has 0 atom stereocenters. The molecule has 0 aliphatic heterocycles. The lowest BCUT2D eigenvalue weighted by Gasteiger charge is -2.05. The first kappa shape index (κ1) is 11.3. The summed E-state index contributed by atoms with van der Waals surface area (Å²) < 4.78 is 0. The normalized spacial score (nSPS) is 9.94. The summed E-state index contributed by atoms with van der Waals surface area (Å²) in [6, 6.07) is 18.3. The second-order valence-corrected chi connectivity index (χ2v) is 4.10. The van der Waals surface area contributed by atoms with Crippen LogP contribution in [0.2, 0.25) is 0 Å². The van der Waals surface area contributed by atoms with Gasteiger partial charge in [-0.05, 0) is 29.2 Å². The van der Waals surface area contributed by atoms with Gasteiger partial charge in [0.05, 0.1) is 5.71 Å². The highest BCUT2D eigenvalue weighted by atomic mass is 14.4. The zero-order valence-corrected chi connectivity index (χ0v) is 9.90. The highest BCUT2D eigenvalue weighted by molar-refractivity contribution is 6.09. The molecular weight excluding hydrogens is 206 g/mol. The fourth-order valence-electron chi connectivity index (χ4n) is 1.71. The van der Waals surface area contributed by atoms with Crippen LogP contribution in [-0.2, 0) is 0 Å². The van der Waals surface area contributed by atoms with E-state index in [0.717, 1.165) is 11.1 Å². The summed E-state index contributed by atoms with van der Waals surface area (Å²) in [7, 11) is 0. The van der Waals surface area contributed by atoms with Gasteiger partial charge in [0.25, 0.3) is 0 Å². The van der Waals surface area contributed by atoms with Gasteiger partial charge in [0.1, 0.15) is 0 Å². The molecule has 0 fully saturated rings. The summed E-state index contributed by atoms with van der Waals surface area (Å²) in [5.41, 5.74) is 4.57. The van der Waals surface area contributed by atoms with Gasteiger partial charge in [0.2, 0.25) is 0 Å². The summed E-state index contributed by atoms with van der Waals surface area (Å²) in [6.07, 6.45) is 0. The molecule has 1 heteroatoms. The lowest BCUT2D eigenvalue weighted by atomic mass is 10.0. The highest BCUT2D eigenvalue weighted by Gasteiger charge is 2.02. The molecule has 0 heterocycles. The van der Waals surface area contributed by atoms with Gasteiger partial charge in [-0.25, -0.2) is 0 Å². The van der Waals surface area contributed by atoms with Gasteiger partial charge in [-0.15, -0.1) is 0 Å². The van der Waals surface area contributed by atoms with Crippen LogP contribution in [0.3, 0.4) is 0 Å². The average molecular weight is 221 g/mol. The molecule has 0 saturated heterocycles. The first-order chi connectivity index (χ1) is 8.18. The van der Waals surface area contributed by atoms with Crippen molar-refractivity contribution >= 4 is 5.71 Å². The smallest absolute Gasteiger partial charge is 0.0635 e. The predicted octanol–water partition coefficient (Wildman–Crippen LogP) is 4.30. The van der Waals surface area contributed by atoms with Gasteiger partial charge in [-0.3, -0.25) is 0 Å². The van der Waals surface area contributed by atoms with Crippen molar-refractivity contribution in [3.05, 3.63) is 72.3 Å². The van der Waals surface area contributed by atoms with Crippen LogP contribution in [0.25, 0.3) is 11.1 Å². The summed E-state index contributed by atoms with van der Waals surface area (Å²) >= 11 is 0. The van der Waals surface area contributed by atoms with Gasteiger partial charge < -0.3 is 5.41 Å². The topological polar surface area (TPSA) is 23.9 Å². The molecule has 0 radical (unpaired) electrons. The monoisotopic (exact) mass is 221 g/mol. The quantitative estimate of drug-likeness (QED) is 0.747. The third-order valence-corrected chi connectivity index (χ3v) is 2.71. The zero-order valence-electron chi connectivity index (χ0n) is 9.90. The molecule has 0 bridgehead atoms. The number of benzene rings is 2. The number of rotatable bonds is 3. The summed E-state index contributed by atoms with van der Waals surface area (Å²) in [5.74, 6) is 0. The van der Waals surface area contributed by atoms with Crippen molar-refractivity contribution in [3.63, 3.8) is 0 Å². The molecule has 1 N–H and O–H groups in total. The van der Waals surface area contributed by atoms with Crippen LogP contribution in [0.5, 0.6) is 0 Å². The SMILES string of the molecule is C=C(C)C(=N)c1ccc(-c2ccccc2)cc1. The third-order valence-electron chi connectivity index (χ3n) is 2.71. The van der Waals surface area contributed by atoms with Crippen LogP contribution >= 0.6 is 0 Å². The van der Waals surface area contributed by atoms with E-state index in [4.69, 9.17) is 5.41 Å². The Labute approximate surface area is 102 Å². The maximum atomic E-state index is 7.86. The number of hydrogen-bond acceptors (Lipinski definition) is 1. The molecule has 2 aromatic carbocycles. The molecule has 2 aromatic rings. The Morgan fingerprint density at radius 3 is 1.94 bits per heavy atom. The molecule has 0 aliphatic rings. The van der Waals surface area contributed by atoms with Crippen molar-refractivity contribution in [1.82, 2.24) is 0 Å². The first-order valence-electron chi connectivity index (χ1n) is 5.59. The maximum absolute atomic E-state index is 7.86. The lowest BCUT2D eigenvalue weighted by Crippen LogP contribution is -1.98. The molecule has 84 valence electrons. The van der Waals surface area contributed by atoms with E-state index in [9.17, 15) is 0 Å². The molecule has 17 heavy (non-hydrogen) atoms. The highest BCUT2D eigenvalue weighted by Crippen LogP contribution is 2.19. The van der Waals surface area contributed by atoms with E-state index in [1.807, 2.05) is 49.4 Å². The standard InChI is InChI=1S/C16H15N/c1-12(2)16(17)15-10-8-14(9-11-15)13-6-4-3-5-7-13/h3-11,17H,1H2,2H3. The van der Waals surface area contributed by atoms with Crippen molar-refractivity contribution in [2.24, 2.45) is 0 Å². The fraction of sp³-hybridized carbons (Fsp3) is 0.0625. The second kappa shape index (κ2) is 4.79. The van der Waals surface area contributed by atoms with E-state index < -0.39 is 0 Å². The predicted molar refractivity (Wildman–Crippen MR) is 73.5 cm³/mol. The third kappa shape index (κ3) is 2.51. The van der Waals surface area contributed by atoms with Crippen molar-refractivity contribution in [1.29, 1.82) is 5.41 Å². The van der Waals surface area contributed by atoms with E-state index in [1.165, 1.54) is 11.1 Å². The van der Waals surface area contributed by atoms with E-state index in [1.54, 1.807) is 0 Å². The minimum Gasteiger partial charge on any atom is -0.300 e. The average Bonchev–Trinajstić information content (AvgIpc) is 2.39. The van der Waals surface area contributed by atoms with Crippen LogP contribution in [-0.4, -0.2) is 5.71 Å². The summed E-state index contributed by atoms with van der Waals surface area (Å²) in [6.45, 7) is 5.64. The molecule has 0 spiro atoms. The number of allylic oxidation sites excluding steroid dienone is 1. The van der Waals surface area contributed by atoms with Crippen LogP contribution in [0.15, 0.2) is 66.7 Å². The Kier molecular flexibility index (Phi) is 3.20. The molecule has 0 amide bonds. The Bertz CT molecular complexity index is 535. The molecule has 0 saturated carbocycles. The van der Waals surface area contributed by atoms with E-state index >= 15 is 0 Å². The molecule has 0 aromatic heterocycles. The second-order valence-electron chi connectivity index (χ2n) is 4.10. The van der Waals surface area contributed by atoms with Crippen LogP contribution < -0.4 is 0 Å². The van der Waals surface area contributed by atoms with E-state index in [0.29, 0.717) is 5.71 Å². The van der Waals surface area contributed by atoms with Crippen molar-refractivity contribution < 1.29 is 0 Å². The maximum Gasteiger partial charge on any atom is 0.0635 e. The zero-order chi connectivity index (χ0) is 12.3. The minimum absolute atomic E-state index is 0.504. The number of nitrogens with one attached hydrogen (secondary N) is 1. The Hall–Kier alpha value is -2.15. The van der Waals surface area contributed by atoms with Crippen molar-refractivity contribution in [2.45, 2.75) is 6.92 Å². The molecule has 0 unspecified atom stereocenters. The van der Waals surface area contributed by atoms with Gasteiger partial charge >= 0.3 is 0 Å². The van der Waals surface area contributed by atoms with E-state index in [2.05, 4.69) is 18.7 Å². The van der Waals surface area contributed by atoms with Gasteiger partial charge in [-0.2, -0.15) is 0 Å². The van der Waals surface area contributed by atoms with Crippen LogP contribution in [0, 0.1) is 5.41 Å². The Morgan fingerprint density at radius 1 is 0.882 bits per heavy atom. The molecule has 2 rings (SSSR count). The summed E-state index contributed by atoms with van der Waals surface area (Å²) in [5, 5.41) is 7.86. The van der Waals surface area contributed by atoms with Crippen LogP contribution in [0.4, 0.5) is 0 Å². The van der Waals surface area contributed by atoms with Crippen LogP contribution in [0.1, 0.15) is 12.5 Å². The van der Waals surface area contributed by atoms with Crippen molar-refractivity contribution in [3.8, 4) is 11.1 Å². The first-order valence-corrected chi connectivity index (χ1v) is 5.59. The summed E-state index contributed by atoms with van der Waals surface area (Å²) in [4.78, 5) is 0. The minimum atomic E-state index is 0.504. The Balaban J connectivity index is 2.31. The van der Waals surface area contributed by atoms with E-state index in [-0.39, 0.29) is 0 Å². The molecular formula is C16H15N. The number of hydrogen-bond donors (Lipinski definition) is 1. The van der Waals surface area contributed by atoms with Crippen molar-refractivity contribution in [2.75, 3.05) is 0 Å².